The van der Waals surface area contributed by atoms with E-state index in [0.29, 0.717) is 0 Å². The topological polar surface area (TPSA) is 0 Å². The minimum atomic E-state index is 0. The standard InChI is InChI=1S/C5H5.Os.3H/c1-2-4-5-3-1;;;;/h1-3H,4H2;;;;/q-1;+4;3*-1. The third-order valence-electron chi connectivity index (χ3n) is 0.586. The molecule has 36 valence electrons. The van der Waals surface area contributed by atoms with Gasteiger partial charge in [-0.15, -0.1) is 6.42 Å². The van der Waals surface area contributed by atoms with Gasteiger partial charge in [0, 0.05) is 0 Å². The predicted molar refractivity (Wildman–Crippen MR) is 24.9 cm³/mol. The van der Waals surface area contributed by atoms with Gasteiger partial charge in [-0.05, 0) is 0 Å². The Kier molecular flexibility index (Phi) is 3.38. The zero-order valence-electron chi connectivity index (χ0n) is 6.29. The fourth-order valence-electron chi connectivity index (χ4n) is 0.340. The first kappa shape index (κ1) is 6.12. The molecule has 1 aliphatic carbocycles. The average molecular weight is 258 g/mol. The minimum Gasteiger partial charge on any atom is -1.00 e. The van der Waals surface area contributed by atoms with Gasteiger partial charge < -0.3 is 4.28 Å². The Labute approximate surface area is 55.4 Å². The van der Waals surface area contributed by atoms with Crippen molar-refractivity contribution < 1.29 is 24.1 Å². The third kappa shape index (κ3) is 1.53. The van der Waals surface area contributed by atoms with Crippen LogP contribution in [0.2, 0.25) is 0 Å². The molecule has 0 atom stereocenters. The summed E-state index contributed by atoms with van der Waals surface area (Å²) in [7, 11) is 0. The molecule has 0 fully saturated rings. The van der Waals surface area contributed by atoms with Crippen LogP contribution in [0.15, 0.2) is 18.2 Å². The molecular weight excluding hydrogens is 250 g/mol. The molecule has 0 aromatic rings. The van der Waals surface area contributed by atoms with E-state index in [4.69, 9.17) is 0 Å². The molecule has 0 nitrogen and oxygen atoms in total. The van der Waals surface area contributed by atoms with Crippen LogP contribution in [0, 0.1) is 6.08 Å². The first-order valence-corrected chi connectivity index (χ1v) is 1.72. The molecule has 0 aliphatic heterocycles. The van der Waals surface area contributed by atoms with E-state index in [1.807, 2.05) is 12.2 Å². The van der Waals surface area contributed by atoms with E-state index in [1.165, 1.54) is 0 Å². The van der Waals surface area contributed by atoms with E-state index in [9.17, 15) is 0 Å². The number of rotatable bonds is 0. The smallest absolute Gasteiger partial charge is 1.00 e. The van der Waals surface area contributed by atoms with Crippen molar-refractivity contribution in [1.82, 2.24) is 0 Å². The summed E-state index contributed by atoms with van der Waals surface area (Å²) in [5, 5.41) is 0. The summed E-state index contributed by atoms with van der Waals surface area (Å²) < 4.78 is 0. The Balaban J connectivity index is -0.0000000312. The van der Waals surface area contributed by atoms with Gasteiger partial charge in [-0.3, -0.25) is 6.08 Å². The third-order valence-corrected chi connectivity index (χ3v) is 0.586. The van der Waals surface area contributed by atoms with Gasteiger partial charge in [-0.1, -0.05) is 0 Å². The molecule has 0 spiro atoms. The van der Waals surface area contributed by atoms with Gasteiger partial charge in [-0.2, -0.15) is 6.08 Å². The molecule has 0 amide bonds. The number of hydrogen-bond acceptors (Lipinski definition) is 0. The maximum atomic E-state index is 2.99. The van der Waals surface area contributed by atoms with Gasteiger partial charge in [0.2, 0.25) is 0 Å². The van der Waals surface area contributed by atoms with Crippen LogP contribution < -0.4 is 0 Å². The van der Waals surface area contributed by atoms with Crippen molar-refractivity contribution in [2.45, 2.75) is 6.42 Å². The second-order valence-electron chi connectivity index (χ2n) is 1.00. The van der Waals surface area contributed by atoms with Crippen molar-refractivity contribution in [2.75, 3.05) is 0 Å². The van der Waals surface area contributed by atoms with E-state index in [1.54, 1.807) is 0 Å². The SMILES string of the molecule is [C-]1=CC=CC1.[H-].[H-].[H-].[Os+4]. The van der Waals surface area contributed by atoms with Crippen LogP contribution >= 0.6 is 0 Å². The van der Waals surface area contributed by atoms with Crippen molar-refractivity contribution in [3.05, 3.63) is 24.3 Å². The van der Waals surface area contributed by atoms with Crippen LogP contribution in [0.3, 0.4) is 0 Å². The van der Waals surface area contributed by atoms with Gasteiger partial charge >= 0.3 is 19.8 Å². The van der Waals surface area contributed by atoms with Crippen LogP contribution in [0.1, 0.15) is 10.7 Å². The second kappa shape index (κ2) is 3.31. The van der Waals surface area contributed by atoms with Crippen molar-refractivity contribution in [3.63, 3.8) is 0 Å². The Morgan fingerprint density at radius 2 is 2.50 bits per heavy atom. The fraction of sp³-hybridized carbons (Fsp3) is 0.200. The molecule has 0 radical (unpaired) electrons. The second-order valence-corrected chi connectivity index (χ2v) is 1.00. The quantitative estimate of drug-likeness (QED) is 0.580. The molecule has 0 heterocycles. The molecule has 0 aromatic heterocycles. The van der Waals surface area contributed by atoms with Crippen LogP contribution in [0.25, 0.3) is 0 Å². The van der Waals surface area contributed by atoms with Crippen molar-refractivity contribution in [1.29, 1.82) is 0 Å². The van der Waals surface area contributed by atoms with Crippen LogP contribution in [0.4, 0.5) is 0 Å². The fourth-order valence-corrected chi connectivity index (χ4v) is 0.340. The number of hydrogen-bond donors (Lipinski definition) is 0. The predicted octanol–water partition coefficient (Wildman–Crippen LogP) is 1.64. The van der Waals surface area contributed by atoms with Crippen LogP contribution in [-0.2, 0) is 19.8 Å². The molecule has 0 saturated carbocycles. The van der Waals surface area contributed by atoms with E-state index in [2.05, 4.69) is 12.2 Å². The normalized spacial score (nSPS) is 14.7. The summed E-state index contributed by atoms with van der Waals surface area (Å²) in [5.41, 5.74) is 0. The Bertz CT molecular complexity index is 70.3. The largest absolute Gasteiger partial charge is 4.00 e. The zero-order chi connectivity index (χ0) is 3.54. The van der Waals surface area contributed by atoms with Crippen LogP contribution in [0.5, 0.6) is 0 Å². The maximum absolute atomic E-state index is 2.99. The van der Waals surface area contributed by atoms with Gasteiger partial charge in [0.05, 0.1) is 0 Å². The molecule has 1 heteroatoms. The summed E-state index contributed by atoms with van der Waals surface area (Å²) in [4.78, 5) is 0. The van der Waals surface area contributed by atoms with Crippen molar-refractivity contribution >= 4 is 0 Å². The molecule has 0 saturated heterocycles. The molecule has 0 aromatic carbocycles. The van der Waals surface area contributed by atoms with Gasteiger partial charge in [0.25, 0.3) is 0 Å². The zero-order valence-corrected chi connectivity index (χ0v) is 5.83. The molecule has 0 bridgehead atoms. The first-order chi connectivity index (χ1) is 2.50. The number of allylic oxidation sites excluding steroid dienone is 4. The summed E-state index contributed by atoms with van der Waals surface area (Å²) >= 11 is 0. The minimum absolute atomic E-state index is 0. The Hall–Kier alpha value is 0.116. The molecule has 0 N–H and O–H groups in total. The average Bonchev–Trinajstić information content (AvgIpc) is 1.76. The van der Waals surface area contributed by atoms with E-state index in [-0.39, 0.29) is 24.1 Å². The summed E-state index contributed by atoms with van der Waals surface area (Å²) in [6.45, 7) is 0. The molecule has 1 aliphatic rings. The van der Waals surface area contributed by atoms with Gasteiger partial charge in [0.15, 0.2) is 0 Å². The Morgan fingerprint density at radius 3 is 2.67 bits per heavy atom. The van der Waals surface area contributed by atoms with Crippen LogP contribution in [-0.4, -0.2) is 0 Å². The summed E-state index contributed by atoms with van der Waals surface area (Å²) in [6.07, 6.45) is 10.0. The summed E-state index contributed by atoms with van der Waals surface area (Å²) in [6, 6.07) is 0. The maximum Gasteiger partial charge on any atom is 4.00 e. The molecule has 1 rings (SSSR count). The molecule has 6 heavy (non-hydrogen) atoms. The van der Waals surface area contributed by atoms with E-state index in [0.717, 1.165) is 6.42 Å². The van der Waals surface area contributed by atoms with Crippen molar-refractivity contribution in [3.8, 4) is 0 Å². The first-order valence-electron chi connectivity index (χ1n) is 1.72. The molecular formula is C5H8Os. The Morgan fingerprint density at radius 1 is 1.67 bits per heavy atom. The van der Waals surface area contributed by atoms with E-state index >= 15 is 0 Å². The van der Waals surface area contributed by atoms with Crippen molar-refractivity contribution in [2.24, 2.45) is 0 Å². The van der Waals surface area contributed by atoms with E-state index < -0.39 is 0 Å². The monoisotopic (exact) mass is 260 g/mol. The van der Waals surface area contributed by atoms with Gasteiger partial charge in [0.1, 0.15) is 0 Å². The van der Waals surface area contributed by atoms with Gasteiger partial charge in [-0.25, -0.2) is 12.2 Å². The molecule has 0 unspecified atom stereocenters. The summed E-state index contributed by atoms with van der Waals surface area (Å²) in [5.74, 6) is 0.